The molecule has 12 aromatic rings. The lowest BCUT2D eigenvalue weighted by Gasteiger charge is -2.14. The Morgan fingerprint density at radius 3 is 1.59 bits per heavy atom. The van der Waals surface area contributed by atoms with E-state index in [1.54, 1.807) is 0 Å². The van der Waals surface area contributed by atoms with Gasteiger partial charge in [-0.1, -0.05) is 109 Å². The second-order valence-electron chi connectivity index (χ2n) is 14.0. The second kappa shape index (κ2) is 9.87. The number of para-hydroxylation sites is 3. The molecule has 0 fully saturated rings. The van der Waals surface area contributed by atoms with Crippen molar-refractivity contribution in [3.63, 3.8) is 0 Å². The van der Waals surface area contributed by atoms with Crippen LogP contribution in [-0.2, 0) is 0 Å². The van der Waals surface area contributed by atoms with E-state index in [1.807, 2.05) is 0 Å². The number of hydrogen-bond acceptors (Lipinski definition) is 0. The van der Waals surface area contributed by atoms with Gasteiger partial charge in [-0.15, -0.1) is 0 Å². The number of hydrogen-bond donors (Lipinski definition) is 3. The third kappa shape index (κ3) is 3.78. The summed E-state index contributed by atoms with van der Waals surface area (Å²) in [6, 6.07) is 58.1. The Hall–Kier alpha value is -6.84. The maximum absolute atomic E-state index is 3.74. The van der Waals surface area contributed by atoms with Crippen molar-refractivity contribution in [2.45, 2.75) is 0 Å². The lowest BCUT2D eigenvalue weighted by molar-refractivity contribution is 1.55. The molecule has 0 spiro atoms. The molecule has 0 unspecified atom stereocenters. The van der Waals surface area contributed by atoms with Crippen molar-refractivity contribution in [1.82, 2.24) is 15.0 Å². The van der Waals surface area contributed by atoms with Gasteiger partial charge in [0.15, 0.2) is 0 Å². The average molecular weight is 648 g/mol. The van der Waals surface area contributed by atoms with Crippen molar-refractivity contribution in [1.29, 1.82) is 0 Å². The summed E-state index contributed by atoms with van der Waals surface area (Å²) >= 11 is 0. The third-order valence-electron chi connectivity index (χ3n) is 11.2. The van der Waals surface area contributed by atoms with Crippen LogP contribution >= 0.6 is 0 Å². The molecule has 3 heterocycles. The SMILES string of the molecule is c1ccc2c(c1)[nH]c1cc3c(-c4ccc5ccc6[nH]c7ccccc7c6c5c4)ccc(-c4ccc5ccc6c7ccccc7[nH]c6c5c4)c3cc12. The fourth-order valence-corrected chi connectivity index (χ4v) is 8.84. The number of nitrogens with one attached hydrogen (secondary N) is 3. The predicted octanol–water partition coefficient (Wildman–Crippen LogP) is 13.4. The summed E-state index contributed by atoms with van der Waals surface area (Å²) in [6.07, 6.45) is 0. The molecular weight excluding hydrogens is 619 g/mol. The lowest BCUT2D eigenvalue weighted by atomic mass is 9.89. The van der Waals surface area contributed by atoms with Crippen LogP contribution in [0.4, 0.5) is 0 Å². The maximum Gasteiger partial charge on any atom is 0.0544 e. The van der Waals surface area contributed by atoms with Gasteiger partial charge < -0.3 is 15.0 Å². The molecule has 0 bridgehead atoms. The lowest BCUT2D eigenvalue weighted by Crippen LogP contribution is -1.88. The molecule has 3 heteroatoms. The Morgan fingerprint density at radius 1 is 0.275 bits per heavy atom. The van der Waals surface area contributed by atoms with E-state index in [2.05, 4.69) is 173 Å². The van der Waals surface area contributed by atoms with Crippen molar-refractivity contribution < 1.29 is 0 Å². The Bertz CT molecular complexity index is 3430. The van der Waals surface area contributed by atoms with Crippen molar-refractivity contribution in [3.8, 4) is 22.3 Å². The zero-order valence-corrected chi connectivity index (χ0v) is 27.5. The molecule has 0 radical (unpaired) electrons. The zero-order valence-electron chi connectivity index (χ0n) is 27.5. The van der Waals surface area contributed by atoms with Crippen LogP contribution in [-0.4, -0.2) is 15.0 Å². The van der Waals surface area contributed by atoms with Crippen molar-refractivity contribution in [2.24, 2.45) is 0 Å². The monoisotopic (exact) mass is 647 g/mol. The summed E-state index contributed by atoms with van der Waals surface area (Å²) in [5.74, 6) is 0. The molecule has 12 rings (SSSR count). The van der Waals surface area contributed by atoms with Crippen LogP contribution in [0.3, 0.4) is 0 Å². The Labute approximate surface area is 291 Å². The summed E-state index contributed by atoms with van der Waals surface area (Å²) in [5.41, 5.74) is 11.9. The molecule has 3 N–H and O–H groups in total. The Balaban J connectivity index is 1.15. The predicted molar refractivity (Wildman–Crippen MR) is 218 cm³/mol. The molecule has 0 aliphatic rings. The van der Waals surface area contributed by atoms with E-state index in [0.717, 1.165) is 11.0 Å². The van der Waals surface area contributed by atoms with Crippen LogP contribution in [0.2, 0.25) is 0 Å². The highest BCUT2D eigenvalue weighted by atomic mass is 14.7. The number of aromatic nitrogens is 3. The number of H-pyrrole nitrogens is 3. The number of benzene rings is 9. The highest BCUT2D eigenvalue weighted by molar-refractivity contribution is 6.22. The molecule has 3 nitrogen and oxygen atoms in total. The maximum atomic E-state index is 3.74. The fourth-order valence-electron chi connectivity index (χ4n) is 8.84. The number of rotatable bonds is 2. The fraction of sp³-hybridized carbons (Fsp3) is 0. The highest BCUT2D eigenvalue weighted by Gasteiger charge is 2.16. The van der Waals surface area contributed by atoms with Gasteiger partial charge in [0.25, 0.3) is 0 Å². The average Bonchev–Trinajstić information content (AvgIpc) is 3.87. The van der Waals surface area contributed by atoms with Gasteiger partial charge in [-0.05, 0) is 97.7 Å². The quantitative estimate of drug-likeness (QED) is 0.167. The first kappa shape index (κ1) is 27.0. The molecule has 236 valence electrons. The van der Waals surface area contributed by atoms with Crippen LogP contribution in [0.25, 0.3) is 120 Å². The minimum Gasteiger partial charge on any atom is -0.354 e. The highest BCUT2D eigenvalue weighted by Crippen LogP contribution is 2.43. The van der Waals surface area contributed by atoms with E-state index < -0.39 is 0 Å². The van der Waals surface area contributed by atoms with E-state index in [9.17, 15) is 0 Å². The topological polar surface area (TPSA) is 47.4 Å². The van der Waals surface area contributed by atoms with Crippen LogP contribution < -0.4 is 0 Å². The van der Waals surface area contributed by atoms with E-state index >= 15 is 0 Å². The summed E-state index contributed by atoms with van der Waals surface area (Å²) in [5, 5.41) is 15.0. The largest absolute Gasteiger partial charge is 0.354 e. The van der Waals surface area contributed by atoms with Gasteiger partial charge in [-0.2, -0.15) is 0 Å². The van der Waals surface area contributed by atoms with Crippen LogP contribution in [0.5, 0.6) is 0 Å². The first-order valence-electron chi connectivity index (χ1n) is 17.6. The van der Waals surface area contributed by atoms with E-state index in [0.29, 0.717) is 0 Å². The van der Waals surface area contributed by atoms with Crippen molar-refractivity contribution in [2.75, 3.05) is 0 Å². The zero-order chi connectivity index (χ0) is 33.2. The van der Waals surface area contributed by atoms with Crippen LogP contribution in [0.1, 0.15) is 0 Å². The van der Waals surface area contributed by atoms with E-state index in [-0.39, 0.29) is 0 Å². The molecule has 0 atom stereocenters. The molecular formula is C48H29N3. The van der Waals surface area contributed by atoms with Crippen LogP contribution in [0, 0.1) is 0 Å². The molecule has 0 saturated carbocycles. The molecule has 0 amide bonds. The van der Waals surface area contributed by atoms with Crippen molar-refractivity contribution >= 4 is 97.7 Å². The number of fused-ring (bicyclic) bond motifs is 14. The minimum atomic E-state index is 1.15. The smallest absolute Gasteiger partial charge is 0.0544 e. The molecule has 3 aromatic heterocycles. The summed E-state index contributed by atoms with van der Waals surface area (Å²) in [4.78, 5) is 11.1. The van der Waals surface area contributed by atoms with Gasteiger partial charge in [0.1, 0.15) is 0 Å². The first-order chi connectivity index (χ1) is 25.2. The van der Waals surface area contributed by atoms with E-state index in [4.69, 9.17) is 0 Å². The Morgan fingerprint density at radius 2 is 0.824 bits per heavy atom. The Kier molecular flexibility index (Phi) is 5.23. The van der Waals surface area contributed by atoms with Crippen LogP contribution in [0.15, 0.2) is 158 Å². The number of aromatic amines is 3. The molecule has 0 saturated heterocycles. The van der Waals surface area contributed by atoms with Gasteiger partial charge >= 0.3 is 0 Å². The molecule has 0 aliphatic carbocycles. The summed E-state index contributed by atoms with van der Waals surface area (Å²) < 4.78 is 0. The van der Waals surface area contributed by atoms with E-state index in [1.165, 1.54) is 109 Å². The molecule has 51 heavy (non-hydrogen) atoms. The summed E-state index contributed by atoms with van der Waals surface area (Å²) in [6.45, 7) is 0. The normalized spacial score (nSPS) is 12.3. The van der Waals surface area contributed by atoms with Crippen molar-refractivity contribution in [3.05, 3.63) is 158 Å². The molecule has 0 aliphatic heterocycles. The minimum absolute atomic E-state index is 1.15. The second-order valence-corrected chi connectivity index (χ2v) is 14.0. The molecule has 9 aromatic carbocycles. The first-order valence-corrected chi connectivity index (χ1v) is 17.6. The van der Waals surface area contributed by atoms with Gasteiger partial charge in [-0.25, -0.2) is 0 Å². The summed E-state index contributed by atoms with van der Waals surface area (Å²) in [7, 11) is 0. The van der Waals surface area contributed by atoms with Gasteiger partial charge in [0.2, 0.25) is 0 Å². The van der Waals surface area contributed by atoms with Gasteiger partial charge in [0.05, 0.1) is 5.52 Å². The van der Waals surface area contributed by atoms with Gasteiger partial charge in [0, 0.05) is 65.3 Å². The third-order valence-corrected chi connectivity index (χ3v) is 11.2. The standard InChI is InChI=1S/C48H29N3/c1-5-11-43-33(7-1)35-19-17-28-14-16-30(24-38(28)48(35)51-43)31-20-21-32(40-26-46-41(25-39(31)40)34-8-2-4-10-42(34)50-46)29-15-13-27-18-22-45-47(37(27)23-29)36-9-3-6-12-44(36)49-45/h1-26,49-51H. The van der Waals surface area contributed by atoms with Gasteiger partial charge in [-0.3, -0.25) is 0 Å².